The molecular formula is C24H25N. The Labute approximate surface area is 150 Å². The lowest BCUT2D eigenvalue weighted by molar-refractivity contribution is 0.296. The van der Waals surface area contributed by atoms with Crippen molar-refractivity contribution in [2.24, 2.45) is 0 Å². The summed E-state index contributed by atoms with van der Waals surface area (Å²) in [5, 5.41) is 0. The summed E-state index contributed by atoms with van der Waals surface area (Å²) in [6, 6.07) is 24.8. The maximum absolute atomic E-state index is 2.47. The highest BCUT2D eigenvalue weighted by molar-refractivity contribution is 5.88. The quantitative estimate of drug-likeness (QED) is 0.460. The average Bonchev–Trinajstić information content (AvgIpc) is 2.81. The van der Waals surface area contributed by atoms with Gasteiger partial charge in [-0.2, -0.15) is 0 Å². The standard InChI is InChI=1S/C24H25N/c1-3-25(4-2)17-18-13-14-20-16-19-9-5-6-10-21(19)22-11-7-8-12-23(22)24(20)15-18/h5-15H,3-4,16-17H2,1-2H3. The minimum absolute atomic E-state index is 1.01. The summed E-state index contributed by atoms with van der Waals surface area (Å²) in [6.07, 6.45) is 1.01. The largest absolute Gasteiger partial charge is 0.300 e. The van der Waals surface area contributed by atoms with Gasteiger partial charge in [0.05, 0.1) is 0 Å². The average molecular weight is 327 g/mol. The molecule has 3 aromatic rings. The summed E-state index contributed by atoms with van der Waals surface area (Å²) in [4.78, 5) is 2.47. The fraction of sp³-hybridized carbons (Fsp3) is 0.250. The molecule has 0 N–H and O–H groups in total. The van der Waals surface area contributed by atoms with E-state index >= 15 is 0 Å². The van der Waals surface area contributed by atoms with Crippen LogP contribution >= 0.6 is 0 Å². The molecule has 0 saturated carbocycles. The monoisotopic (exact) mass is 327 g/mol. The summed E-state index contributed by atoms with van der Waals surface area (Å²) in [7, 11) is 0. The molecule has 1 aliphatic rings. The van der Waals surface area contributed by atoms with E-state index < -0.39 is 0 Å². The first kappa shape index (κ1) is 16.1. The summed E-state index contributed by atoms with van der Waals surface area (Å²) in [5.74, 6) is 0. The Morgan fingerprint density at radius 3 is 2.00 bits per heavy atom. The zero-order valence-electron chi connectivity index (χ0n) is 15.1. The maximum Gasteiger partial charge on any atom is 0.0233 e. The van der Waals surface area contributed by atoms with Gasteiger partial charge >= 0.3 is 0 Å². The first-order valence-electron chi connectivity index (χ1n) is 9.32. The van der Waals surface area contributed by atoms with Crippen molar-refractivity contribution in [3.05, 3.63) is 83.4 Å². The van der Waals surface area contributed by atoms with Crippen LogP contribution in [0.15, 0.2) is 66.7 Å². The van der Waals surface area contributed by atoms with Gasteiger partial charge in [0.2, 0.25) is 0 Å². The Bertz CT molecular complexity index is 890. The molecule has 0 amide bonds. The summed E-state index contributed by atoms with van der Waals surface area (Å²) in [5.41, 5.74) is 9.76. The van der Waals surface area contributed by atoms with Crippen LogP contribution in [-0.4, -0.2) is 18.0 Å². The van der Waals surface area contributed by atoms with Crippen LogP contribution in [0, 0.1) is 0 Å². The Balaban J connectivity index is 1.86. The van der Waals surface area contributed by atoms with Crippen LogP contribution in [0.3, 0.4) is 0 Å². The molecule has 0 spiro atoms. The van der Waals surface area contributed by atoms with Crippen LogP contribution < -0.4 is 0 Å². The number of hydrogen-bond acceptors (Lipinski definition) is 1. The van der Waals surface area contributed by atoms with Crippen molar-refractivity contribution in [2.75, 3.05) is 13.1 Å². The van der Waals surface area contributed by atoms with Gasteiger partial charge in [-0.3, -0.25) is 4.90 Å². The summed E-state index contributed by atoms with van der Waals surface area (Å²) in [6.45, 7) is 7.68. The Morgan fingerprint density at radius 1 is 0.680 bits per heavy atom. The summed E-state index contributed by atoms with van der Waals surface area (Å²) < 4.78 is 0. The zero-order chi connectivity index (χ0) is 17.2. The fourth-order valence-electron chi connectivity index (χ4n) is 3.93. The fourth-order valence-corrected chi connectivity index (χ4v) is 3.93. The zero-order valence-corrected chi connectivity index (χ0v) is 15.1. The van der Waals surface area contributed by atoms with Crippen molar-refractivity contribution in [1.29, 1.82) is 0 Å². The molecule has 0 aliphatic heterocycles. The molecule has 0 saturated heterocycles. The molecule has 126 valence electrons. The van der Waals surface area contributed by atoms with Gasteiger partial charge in [-0.05, 0) is 64.5 Å². The Hall–Kier alpha value is -2.38. The Morgan fingerprint density at radius 2 is 1.28 bits per heavy atom. The van der Waals surface area contributed by atoms with E-state index in [1.165, 1.54) is 38.9 Å². The number of nitrogens with zero attached hydrogens (tertiary/aromatic N) is 1. The molecule has 25 heavy (non-hydrogen) atoms. The number of rotatable bonds is 4. The van der Waals surface area contributed by atoms with E-state index in [1.54, 1.807) is 0 Å². The molecule has 0 bridgehead atoms. The van der Waals surface area contributed by atoms with Crippen molar-refractivity contribution in [3.63, 3.8) is 0 Å². The molecule has 0 radical (unpaired) electrons. The minimum atomic E-state index is 1.01. The summed E-state index contributed by atoms with van der Waals surface area (Å²) >= 11 is 0. The lowest BCUT2D eigenvalue weighted by Gasteiger charge is -2.19. The highest BCUT2D eigenvalue weighted by Gasteiger charge is 2.19. The molecule has 0 aromatic heterocycles. The second-order valence-electron chi connectivity index (χ2n) is 6.83. The van der Waals surface area contributed by atoms with Gasteiger partial charge in [-0.25, -0.2) is 0 Å². The van der Waals surface area contributed by atoms with Crippen molar-refractivity contribution < 1.29 is 0 Å². The van der Waals surface area contributed by atoms with E-state index in [0.29, 0.717) is 0 Å². The van der Waals surface area contributed by atoms with Gasteiger partial charge in [0.1, 0.15) is 0 Å². The molecule has 0 heterocycles. The predicted octanol–water partition coefficient (Wildman–Crippen LogP) is 5.77. The second-order valence-corrected chi connectivity index (χ2v) is 6.83. The predicted molar refractivity (Wildman–Crippen MR) is 107 cm³/mol. The number of benzene rings is 3. The molecule has 3 aromatic carbocycles. The van der Waals surface area contributed by atoms with Crippen LogP contribution in [0.1, 0.15) is 30.5 Å². The number of fused-ring (bicyclic) bond motifs is 5. The third-order valence-corrected chi connectivity index (χ3v) is 5.38. The SMILES string of the molecule is CCN(CC)Cc1ccc2c(c1)-c1ccccc1-c1ccccc1C2. The van der Waals surface area contributed by atoms with E-state index in [-0.39, 0.29) is 0 Å². The van der Waals surface area contributed by atoms with E-state index in [2.05, 4.69) is 85.5 Å². The molecule has 1 heteroatoms. The molecule has 1 nitrogen and oxygen atoms in total. The van der Waals surface area contributed by atoms with Crippen LogP contribution in [-0.2, 0) is 13.0 Å². The van der Waals surface area contributed by atoms with Crippen molar-refractivity contribution in [1.82, 2.24) is 4.90 Å². The van der Waals surface area contributed by atoms with Gasteiger partial charge in [0.25, 0.3) is 0 Å². The van der Waals surface area contributed by atoms with Gasteiger partial charge in [0.15, 0.2) is 0 Å². The second kappa shape index (κ2) is 6.85. The lowest BCUT2D eigenvalue weighted by Crippen LogP contribution is -2.22. The van der Waals surface area contributed by atoms with Crippen LogP contribution in [0.4, 0.5) is 0 Å². The number of hydrogen-bond donors (Lipinski definition) is 0. The molecule has 1 aliphatic carbocycles. The van der Waals surface area contributed by atoms with Crippen LogP contribution in [0.2, 0.25) is 0 Å². The van der Waals surface area contributed by atoms with E-state index in [0.717, 1.165) is 26.1 Å². The molecular weight excluding hydrogens is 302 g/mol. The van der Waals surface area contributed by atoms with E-state index in [4.69, 9.17) is 0 Å². The van der Waals surface area contributed by atoms with Gasteiger partial charge in [0, 0.05) is 6.54 Å². The lowest BCUT2D eigenvalue weighted by atomic mass is 9.93. The van der Waals surface area contributed by atoms with Crippen molar-refractivity contribution >= 4 is 0 Å². The van der Waals surface area contributed by atoms with Crippen molar-refractivity contribution in [3.8, 4) is 22.3 Å². The minimum Gasteiger partial charge on any atom is -0.300 e. The van der Waals surface area contributed by atoms with Crippen molar-refractivity contribution in [2.45, 2.75) is 26.8 Å². The van der Waals surface area contributed by atoms with E-state index in [9.17, 15) is 0 Å². The van der Waals surface area contributed by atoms with Gasteiger partial charge in [-0.1, -0.05) is 74.5 Å². The van der Waals surface area contributed by atoms with Crippen LogP contribution in [0.25, 0.3) is 22.3 Å². The van der Waals surface area contributed by atoms with E-state index in [1.807, 2.05) is 0 Å². The smallest absolute Gasteiger partial charge is 0.0233 e. The Kier molecular flexibility index (Phi) is 4.42. The highest BCUT2D eigenvalue weighted by atomic mass is 15.1. The third-order valence-electron chi connectivity index (χ3n) is 5.38. The normalized spacial score (nSPS) is 12.3. The van der Waals surface area contributed by atoms with Gasteiger partial charge < -0.3 is 0 Å². The highest BCUT2D eigenvalue weighted by Crippen LogP contribution is 2.40. The first-order chi connectivity index (χ1) is 12.3. The van der Waals surface area contributed by atoms with Crippen LogP contribution in [0.5, 0.6) is 0 Å². The molecule has 4 rings (SSSR count). The molecule has 0 atom stereocenters. The topological polar surface area (TPSA) is 3.24 Å². The first-order valence-corrected chi connectivity index (χ1v) is 9.32. The van der Waals surface area contributed by atoms with Gasteiger partial charge in [-0.15, -0.1) is 0 Å². The third kappa shape index (κ3) is 3.01. The molecule has 0 fully saturated rings. The maximum atomic E-state index is 2.47. The molecule has 0 unspecified atom stereocenters.